The first-order chi connectivity index (χ1) is 8.94. The van der Waals surface area contributed by atoms with Crippen molar-refractivity contribution >= 4 is 31.7 Å². The molecule has 1 fully saturated rings. The number of ether oxygens (including phenoxy) is 2. The topological polar surface area (TPSA) is 69.7 Å². The lowest BCUT2D eigenvalue weighted by Crippen LogP contribution is -2.23. The summed E-state index contributed by atoms with van der Waals surface area (Å²) in [6.45, 7) is -0.229. The van der Waals surface area contributed by atoms with Gasteiger partial charge < -0.3 is 9.47 Å². The molecule has 1 heterocycles. The van der Waals surface area contributed by atoms with E-state index in [-0.39, 0.29) is 18.1 Å². The maximum absolute atomic E-state index is 11.5. The highest BCUT2D eigenvalue weighted by atomic mass is 79.9. The van der Waals surface area contributed by atoms with Crippen LogP contribution in [0.4, 0.5) is 0 Å². The number of carbonyl (C=O) groups is 1. The standard InChI is InChI=1S/C12H13BrO5S/c13-9-2-1-3-10(6-9)17-7-12(14)18-11-4-5-19(15,16)8-11/h1-3,6,11H,4-5,7-8H2/t11-/m0/s1. The molecule has 1 aromatic rings. The minimum Gasteiger partial charge on any atom is -0.482 e. The smallest absolute Gasteiger partial charge is 0.344 e. The van der Waals surface area contributed by atoms with Gasteiger partial charge in [-0.15, -0.1) is 0 Å². The van der Waals surface area contributed by atoms with Crippen LogP contribution < -0.4 is 4.74 Å². The third kappa shape index (κ3) is 4.50. The van der Waals surface area contributed by atoms with Crippen molar-refractivity contribution in [1.82, 2.24) is 0 Å². The van der Waals surface area contributed by atoms with Gasteiger partial charge in [0.2, 0.25) is 0 Å². The number of halogens is 1. The fraction of sp³-hybridized carbons (Fsp3) is 0.417. The number of esters is 1. The van der Waals surface area contributed by atoms with Gasteiger partial charge in [0.05, 0.1) is 11.5 Å². The quantitative estimate of drug-likeness (QED) is 0.772. The molecule has 0 aromatic heterocycles. The maximum Gasteiger partial charge on any atom is 0.344 e. The highest BCUT2D eigenvalue weighted by molar-refractivity contribution is 9.10. The fourth-order valence-electron chi connectivity index (χ4n) is 1.77. The van der Waals surface area contributed by atoms with Gasteiger partial charge in [0.25, 0.3) is 0 Å². The van der Waals surface area contributed by atoms with Crippen LogP contribution in [0, 0.1) is 0 Å². The SMILES string of the molecule is O=C(COc1cccc(Br)c1)O[C@H]1CCS(=O)(=O)C1. The molecule has 1 atom stereocenters. The molecule has 0 N–H and O–H groups in total. The van der Waals surface area contributed by atoms with Gasteiger partial charge >= 0.3 is 5.97 Å². The van der Waals surface area contributed by atoms with Gasteiger partial charge in [-0.1, -0.05) is 22.0 Å². The average Bonchev–Trinajstić information content (AvgIpc) is 2.66. The minimum atomic E-state index is -3.04. The van der Waals surface area contributed by atoms with Gasteiger partial charge in [0.15, 0.2) is 16.4 Å². The van der Waals surface area contributed by atoms with Gasteiger partial charge in [-0.05, 0) is 24.6 Å². The summed E-state index contributed by atoms with van der Waals surface area (Å²) in [6.07, 6.45) is -0.172. The van der Waals surface area contributed by atoms with Crippen LogP contribution in [0.5, 0.6) is 5.75 Å². The van der Waals surface area contributed by atoms with Crippen LogP contribution >= 0.6 is 15.9 Å². The van der Waals surface area contributed by atoms with E-state index in [1.807, 2.05) is 6.07 Å². The Kier molecular flexibility index (Phi) is 4.46. The third-order valence-corrected chi connectivity index (χ3v) is 4.87. The van der Waals surface area contributed by atoms with Crippen molar-refractivity contribution in [2.45, 2.75) is 12.5 Å². The van der Waals surface area contributed by atoms with Crippen molar-refractivity contribution in [3.63, 3.8) is 0 Å². The molecule has 0 bridgehead atoms. The monoisotopic (exact) mass is 348 g/mol. The molecule has 2 rings (SSSR count). The molecule has 7 heteroatoms. The molecule has 1 aromatic carbocycles. The van der Waals surface area contributed by atoms with Crippen LogP contribution in [0.25, 0.3) is 0 Å². The van der Waals surface area contributed by atoms with Crippen molar-refractivity contribution in [1.29, 1.82) is 0 Å². The number of sulfone groups is 1. The van der Waals surface area contributed by atoms with E-state index in [0.717, 1.165) is 4.47 Å². The summed E-state index contributed by atoms with van der Waals surface area (Å²) in [6, 6.07) is 7.08. The van der Waals surface area contributed by atoms with Crippen molar-refractivity contribution in [2.24, 2.45) is 0 Å². The second kappa shape index (κ2) is 5.92. The van der Waals surface area contributed by atoms with Gasteiger partial charge in [-0.2, -0.15) is 0 Å². The van der Waals surface area contributed by atoms with E-state index in [2.05, 4.69) is 15.9 Å². The van der Waals surface area contributed by atoms with Crippen molar-refractivity contribution in [3.05, 3.63) is 28.7 Å². The normalized spacial score (nSPS) is 21.0. The largest absolute Gasteiger partial charge is 0.482 e. The number of hydrogen-bond acceptors (Lipinski definition) is 5. The third-order valence-electron chi connectivity index (χ3n) is 2.64. The number of hydrogen-bond donors (Lipinski definition) is 0. The highest BCUT2D eigenvalue weighted by Crippen LogP contribution is 2.18. The van der Waals surface area contributed by atoms with Crippen LogP contribution in [0.1, 0.15) is 6.42 Å². The first-order valence-electron chi connectivity index (χ1n) is 5.73. The summed E-state index contributed by atoms with van der Waals surface area (Å²) in [4.78, 5) is 11.5. The number of benzene rings is 1. The van der Waals surface area contributed by atoms with Crippen molar-refractivity contribution in [3.8, 4) is 5.75 Å². The molecular formula is C12H13BrO5S. The molecule has 0 spiro atoms. The molecule has 5 nitrogen and oxygen atoms in total. The zero-order chi connectivity index (χ0) is 13.9. The molecular weight excluding hydrogens is 336 g/mol. The van der Waals surface area contributed by atoms with Gasteiger partial charge in [0, 0.05) is 4.47 Å². The van der Waals surface area contributed by atoms with Crippen LogP contribution in [-0.4, -0.2) is 38.6 Å². The van der Waals surface area contributed by atoms with Crippen LogP contribution in [0.3, 0.4) is 0 Å². The Bertz CT molecular complexity index is 569. The summed E-state index contributed by atoms with van der Waals surface area (Å²) in [5, 5.41) is 0. The Hall–Kier alpha value is -1.08. The molecule has 0 saturated carbocycles. The molecule has 19 heavy (non-hydrogen) atoms. The highest BCUT2D eigenvalue weighted by Gasteiger charge is 2.30. The number of carbonyl (C=O) groups excluding carboxylic acids is 1. The van der Waals surface area contributed by atoms with Gasteiger partial charge in [-0.25, -0.2) is 13.2 Å². The van der Waals surface area contributed by atoms with E-state index >= 15 is 0 Å². The fourth-order valence-corrected chi connectivity index (χ4v) is 3.74. The van der Waals surface area contributed by atoms with E-state index in [1.165, 1.54) is 0 Å². The summed E-state index contributed by atoms with van der Waals surface area (Å²) < 4.78 is 33.6. The van der Waals surface area contributed by atoms with E-state index in [0.29, 0.717) is 12.2 Å². The first kappa shape index (κ1) is 14.3. The lowest BCUT2D eigenvalue weighted by atomic mass is 10.3. The van der Waals surface area contributed by atoms with E-state index in [1.54, 1.807) is 18.2 Å². The molecule has 1 aliphatic rings. The van der Waals surface area contributed by atoms with E-state index in [4.69, 9.17) is 9.47 Å². The minimum absolute atomic E-state index is 0.0808. The molecule has 1 aliphatic heterocycles. The Balaban J connectivity index is 1.79. The van der Waals surface area contributed by atoms with Crippen LogP contribution in [0.15, 0.2) is 28.7 Å². The molecule has 0 aliphatic carbocycles. The summed E-state index contributed by atoms with van der Waals surface area (Å²) >= 11 is 3.29. The molecule has 0 radical (unpaired) electrons. The lowest BCUT2D eigenvalue weighted by Gasteiger charge is -2.11. The average molecular weight is 349 g/mol. The molecule has 0 unspecified atom stereocenters. The van der Waals surface area contributed by atoms with Crippen molar-refractivity contribution < 1.29 is 22.7 Å². The summed E-state index contributed by atoms with van der Waals surface area (Å²) in [5.41, 5.74) is 0. The van der Waals surface area contributed by atoms with E-state index < -0.39 is 21.9 Å². The Morgan fingerprint density at radius 3 is 2.84 bits per heavy atom. The van der Waals surface area contributed by atoms with Gasteiger partial charge in [-0.3, -0.25) is 0 Å². The lowest BCUT2D eigenvalue weighted by molar-refractivity contribution is -0.150. The second-order valence-electron chi connectivity index (χ2n) is 4.26. The van der Waals surface area contributed by atoms with Crippen LogP contribution in [0.2, 0.25) is 0 Å². The zero-order valence-electron chi connectivity index (χ0n) is 10.0. The van der Waals surface area contributed by atoms with Gasteiger partial charge in [0.1, 0.15) is 11.9 Å². The van der Waals surface area contributed by atoms with Crippen LogP contribution in [-0.2, 0) is 19.4 Å². The van der Waals surface area contributed by atoms with E-state index in [9.17, 15) is 13.2 Å². The Labute approximate surface area is 119 Å². The Morgan fingerprint density at radius 2 is 2.21 bits per heavy atom. The zero-order valence-corrected chi connectivity index (χ0v) is 12.4. The predicted molar refractivity (Wildman–Crippen MR) is 72.8 cm³/mol. The molecule has 1 saturated heterocycles. The predicted octanol–water partition coefficient (Wildman–Crippen LogP) is 1.56. The first-order valence-corrected chi connectivity index (χ1v) is 8.34. The summed E-state index contributed by atoms with van der Waals surface area (Å²) in [7, 11) is -3.04. The maximum atomic E-state index is 11.5. The molecule has 0 amide bonds. The van der Waals surface area contributed by atoms with Crippen molar-refractivity contribution in [2.75, 3.05) is 18.1 Å². The second-order valence-corrected chi connectivity index (χ2v) is 7.41. The molecule has 104 valence electrons. The summed E-state index contributed by atoms with van der Waals surface area (Å²) in [5.74, 6) is -0.0139. The Morgan fingerprint density at radius 1 is 1.42 bits per heavy atom. The number of rotatable bonds is 4.